The van der Waals surface area contributed by atoms with Crippen molar-refractivity contribution in [1.82, 2.24) is 5.32 Å². The Morgan fingerprint density at radius 1 is 1.26 bits per heavy atom. The Hall–Kier alpha value is -1.32. The van der Waals surface area contributed by atoms with Crippen LogP contribution in [0, 0.1) is 0 Å². The van der Waals surface area contributed by atoms with Crippen molar-refractivity contribution in [2.75, 3.05) is 12.3 Å². The van der Waals surface area contributed by atoms with E-state index in [1.54, 1.807) is 6.07 Å². The summed E-state index contributed by atoms with van der Waals surface area (Å²) >= 11 is 0. The Morgan fingerprint density at radius 3 is 2.47 bits per heavy atom. The monoisotopic (exact) mass is 298 g/mol. The fraction of sp³-hybridized carbons (Fsp3) is 0.400. The van der Waals surface area contributed by atoms with Gasteiger partial charge in [-0.05, 0) is 6.07 Å². The van der Waals surface area contributed by atoms with Gasteiger partial charge in [-0.25, -0.2) is 13.6 Å². The van der Waals surface area contributed by atoms with Crippen LogP contribution in [0.1, 0.15) is 5.56 Å². The van der Waals surface area contributed by atoms with E-state index in [-0.39, 0.29) is 30.2 Å². The van der Waals surface area contributed by atoms with Gasteiger partial charge in [-0.15, -0.1) is 13.2 Å². The van der Waals surface area contributed by atoms with Gasteiger partial charge in [0.05, 0.1) is 5.75 Å². The van der Waals surface area contributed by atoms with Crippen molar-refractivity contribution >= 4 is 10.0 Å². The van der Waals surface area contributed by atoms with Gasteiger partial charge in [0.15, 0.2) is 0 Å². The molecule has 0 atom stereocenters. The van der Waals surface area contributed by atoms with Crippen LogP contribution in [0.4, 0.5) is 13.2 Å². The third-order valence-electron chi connectivity index (χ3n) is 2.08. The number of nitrogens with two attached hydrogens (primary N) is 1. The quantitative estimate of drug-likeness (QED) is 0.767. The van der Waals surface area contributed by atoms with Gasteiger partial charge < -0.3 is 10.1 Å². The van der Waals surface area contributed by atoms with E-state index in [2.05, 4.69) is 10.1 Å². The van der Waals surface area contributed by atoms with Crippen molar-refractivity contribution in [3.63, 3.8) is 0 Å². The van der Waals surface area contributed by atoms with Gasteiger partial charge in [0.1, 0.15) is 5.75 Å². The zero-order chi connectivity index (χ0) is 14.5. The summed E-state index contributed by atoms with van der Waals surface area (Å²) in [6.45, 7) is 0.0843. The number of para-hydroxylation sites is 1. The molecule has 0 aliphatic rings. The molecule has 0 aliphatic heterocycles. The van der Waals surface area contributed by atoms with Crippen LogP contribution in [0.25, 0.3) is 0 Å². The molecular weight excluding hydrogens is 285 g/mol. The van der Waals surface area contributed by atoms with E-state index in [9.17, 15) is 21.6 Å². The molecule has 0 bridgehead atoms. The van der Waals surface area contributed by atoms with E-state index in [4.69, 9.17) is 5.14 Å². The first-order valence-electron chi connectivity index (χ1n) is 5.22. The highest BCUT2D eigenvalue weighted by molar-refractivity contribution is 7.89. The van der Waals surface area contributed by atoms with E-state index in [1.165, 1.54) is 18.2 Å². The third kappa shape index (κ3) is 6.99. The smallest absolute Gasteiger partial charge is 0.405 e. The SMILES string of the molecule is NS(=O)(=O)CCNCc1ccccc1OC(F)(F)F. The molecule has 0 saturated heterocycles. The highest BCUT2D eigenvalue weighted by Crippen LogP contribution is 2.25. The second-order valence-corrected chi connectivity index (χ2v) is 5.43. The molecule has 5 nitrogen and oxygen atoms in total. The standard InChI is InChI=1S/C10H13F3N2O3S/c11-10(12,13)18-9-4-2-1-3-8(9)7-15-5-6-19(14,16)17/h1-4,15H,5-7H2,(H2,14,16,17). The Bertz CT molecular complexity index is 517. The summed E-state index contributed by atoms with van der Waals surface area (Å²) in [7, 11) is -3.59. The van der Waals surface area contributed by atoms with Crippen LogP contribution < -0.4 is 15.2 Å². The molecule has 0 radical (unpaired) electrons. The van der Waals surface area contributed by atoms with E-state index in [0.717, 1.165) is 0 Å². The molecule has 0 heterocycles. The lowest BCUT2D eigenvalue weighted by Crippen LogP contribution is -2.27. The molecular formula is C10H13F3N2O3S. The zero-order valence-corrected chi connectivity index (χ0v) is 10.6. The van der Waals surface area contributed by atoms with Crippen LogP contribution in [0.3, 0.4) is 0 Å². The average Bonchev–Trinajstić information content (AvgIpc) is 2.23. The maximum Gasteiger partial charge on any atom is 0.573 e. The van der Waals surface area contributed by atoms with Crippen LogP contribution in [0.2, 0.25) is 0 Å². The maximum atomic E-state index is 12.1. The molecule has 108 valence electrons. The van der Waals surface area contributed by atoms with Gasteiger partial charge in [0.25, 0.3) is 0 Å². The number of hydrogen-bond donors (Lipinski definition) is 2. The summed E-state index contributed by atoms with van der Waals surface area (Å²) in [6.07, 6.45) is -4.77. The van der Waals surface area contributed by atoms with Crippen LogP contribution in [-0.4, -0.2) is 27.1 Å². The van der Waals surface area contributed by atoms with Crippen molar-refractivity contribution in [2.24, 2.45) is 5.14 Å². The first kappa shape index (κ1) is 15.7. The highest BCUT2D eigenvalue weighted by Gasteiger charge is 2.31. The molecule has 0 unspecified atom stereocenters. The molecule has 1 aromatic carbocycles. The van der Waals surface area contributed by atoms with Crippen molar-refractivity contribution in [3.05, 3.63) is 29.8 Å². The van der Waals surface area contributed by atoms with E-state index >= 15 is 0 Å². The van der Waals surface area contributed by atoms with Crippen LogP contribution in [0.15, 0.2) is 24.3 Å². The van der Waals surface area contributed by atoms with Gasteiger partial charge in [-0.3, -0.25) is 0 Å². The predicted octanol–water partition coefficient (Wildman–Crippen LogP) is 0.963. The predicted molar refractivity (Wildman–Crippen MR) is 62.8 cm³/mol. The van der Waals surface area contributed by atoms with Gasteiger partial charge in [0, 0.05) is 18.7 Å². The van der Waals surface area contributed by atoms with Crippen molar-refractivity contribution in [1.29, 1.82) is 0 Å². The summed E-state index contributed by atoms with van der Waals surface area (Å²) in [5.74, 6) is -0.618. The molecule has 1 rings (SSSR count). The minimum Gasteiger partial charge on any atom is -0.405 e. The second kappa shape index (κ2) is 6.22. The van der Waals surface area contributed by atoms with Crippen LogP contribution in [-0.2, 0) is 16.6 Å². The Labute approximate surface area is 108 Å². The number of nitrogens with one attached hydrogen (secondary N) is 1. The normalized spacial score (nSPS) is 12.4. The van der Waals surface area contributed by atoms with Gasteiger partial charge in [-0.1, -0.05) is 18.2 Å². The molecule has 0 amide bonds. The van der Waals surface area contributed by atoms with Crippen molar-refractivity contribution < 1.29 is 26.3 Å². The lowest BCUT2D eigenvalue weighted by atomic mass is 10.2. The summed E-state index contributed by atoms with van der Waals surface area (Å²) in [5.41, 5.74) is 0.272. The van der Waals surface area contributed by atoms with E-state index in [1.807, 2.05) is 0 Å². The van der Waals surface area contributed by atoms with Gasteiger partial charge >= 0.3 is 6.36 Å². The lowest BCUT2D eigenvalue weighted by Gasteiger charge is -2.13. The first-order chi connectivity index (χ1) is 8.67. The number of halogens is 3. The molecule has 9 heteroatoms. The van der Waals surface area contributed by atoms with E-state index in [0.29, 0.717) is 0 Å². The fourth-order valence-electron chi connectivity index (χ4n) is 1.31. The number of primary sulfonamides is 1. The molecule has 0 aliphatic carbocycles. The molecule has 0 spiro atoms. The topological polar surface area (TPSA) is 81.4 Å². The molecule has 0 fully saturated rings. The summed E-state index contributed by atoms with van der Waals surface area (Å²) < 4.78 is 61.6. The summed E-state index contributed by atoms with van der Waals surface area (Å²) in [4.78, 5) is 0. The Kier molecular flexibility index (Phi) is 5.15. The van der Waals surface area contributed by atoms with E-state index < -0.39 is 16.4 Å². The minimum absolute atomic E-state index is 0.0409. The number of ether oxygens (including phenoxy) is 1. The summed E-state index contributed by atoms with van der Waals surface area (Å²) in [5, 5.41) is 7.46. The molecule has 3 N–H and O–H groups in total. The van der Waals surface area contributed by atoms with Crippen LogP contribution >= 0.6 is 0 Å². The van der Waals surface area contributed by atoms with Crippen LogP contribution in [0.5, 0.6) is 5.75 Å². The average molecular weight is 298 g/mol. The number of hydrogen-bond acceptors (Lipinski definition) is 4. The summed E-state index contributed by atoms with van der Waals surface area (Å²) in [6, 6.07) is 5.60. The second-order valence-electron chi connectivity index (χ2n) is 3.70. The highest BCUT2D eigenvalue weighted by atomic mass is 32.2. The third-order valence-corrected chi connectivity index (χ3v) is 2.85. The fourth-order valence-corrected chi connectivity index (χ4v) is 1.74. The number of benzene rings is 1. The molecule has 0 aromatic heterocycles. The van der Waals surface area contributed by atoms with Gasteiger partial charge in [0.2, 0.25) is 10.0 Å². The number of sulfonamides is 1. The zero-order valence-electron chi connectivity index (χ0n) is 9.77. The van der Waals surface area contributed by atoms with Crippen molar-refractivity contribution in [3.8, 4) is 5.75 Å². The lowest BCUT2D eigenvalue weighted by molar-refractivity contribution is -0.274. The Morgan fingerprint density at radius 2 is 1.89 bits per heavy atom. The Balaban J connectivity index is 2.58. The maximum absolute atomic E-state index is 12.1. The molecule has 19 heavy (non-hydrogen) atoms. The first-order valence-corrected chi connectivity index (χ1v) is 6.94. The van der Waals surface area contributed by atoms with Gasteiger partial charge in [-0.2, -0.15) is 0 Å². The molecule has 1 aromatic rings. The minimum atomic E-state index is -4.77. The number of rotatable bonds is 6. The number of alkyl halides is 3. The largest absolute Gasteiger partial charge is 0.573 e. The van der Waals surface area contributed by atoms with Crippen molar-refractivity contribution in [2.45, 2.75) is 12.9 Å². The molecule has 0 saturated carbocycles.